The van der Waals surface area contributed by atoms with Crippen molar-refractivity contribution in [2.24, 2.45) is 0 Å². The summed E-state index contributed by atoms with van der Waals surface area (Å²) in [6, 6.07) is 9.94. The van der Waals surface area contributed by atoms with E-state index in [4.69, 9.17) is 14.4 Å². The van der Waals surface area contributed by atoms with Crippen molar-refractivity contribution in [3.8, 4) is 11.8 Å². The molecule has 0 bridgehead atoms. The largest absolute Gasteiger partial charge is 0.487 e. The third kappa shape index (κ3) is 2.63. The smallest absolute Gasteiger partial charge is 0.246 e. The van der Waals surface area contributed by atoms with Gasteiger partial charge in [0.15, 0.2) is 5.75 Å². The van der Waals surface area contributed by atoms with E-state index in [-0.39, 0.29) is 5.76 Å². The van der Waals surface area contributed by atoms with Gasteiger partial charge in [-0.3, -0.25) is 0 Å². The molecule has 1 aromatic heterocycles. The molecule has 4 heteroatoms. The van der Waals surface area contributed by atoms with Crippen LogP contribution in [0, 0.1) is 11.3 Å². The molecule has 1 aromatic carbocycles. The average molecular weight is 244 g/mol. The predicted octanol–water partition coefficient (Wildman–Crippen LogP) is 2.68. The molecule has 0 atom stereocenters. The van der Waals surface area contributed by atoms with E-state index < -0.39 is 0 Å². The van der Waals surface area contributed by atoms with Crippen molar-refractivity contribution < 1.29 is 9.15 Å². The van der Waals surface area contributed by atoms with Crippen molar-refractivity contribution in [3.63, 3.8) is 0 Å². The van der Waals surface area contributed by atoms with Gasteiger partial charge >= 0.3 is 0 Å². The van der Waals surface area contributed by atoms with Crippen molar-refractivity contribution in [2.45, 2.75) is 19.9 Å². The minimum atomic E-state index is 0.237. The van der Waals surface area contributed by atoms with Gasteiger partial charge in [0.25, 0.3) is 0 Å². The van der Waals surface area contributed by atoms with Gasteiger partial charge in [0, 0.05) is 12.6 Å². The Balaban J connectivity index is 2.14. The Bertz CT molecular complexity index is 567. The van der Waals surface area contributed by atoms with Gasteiger partial charge < -0.3 is 14.5 Å². The van der Waals surface area contributed by atoms with Gasteiger partial charge in [0.1, 0.15) is 18.3 Å². The van der Waals surface area contributed by atoms with Crippen LogP contribution in [0.5, 0.6) is 5.75 Å². The van der Waals surface area contributed by atoms with E-state index in [0.29, 0.717) is 24.0 Å². The highest BCUT2D eigenvalue weighted by Gasteiger charge is 2.14. The van der Waals surface area contributed by atoms with Crippen LogP contribution in [0.1, 0.15) is 19.6 Å². The van der Waals surface area contributed by atoms with Crippen molar-refractivity contribution in [2.75, 3.05) is 13.2 Å². The maximum absolute atomic E-state index is 9.02. The van der Waals surface area contributed by atoms with Crippen molar-refractivity contribution in [1.29, 1.82) is 5.26 Å². The second-order valence-electron chi connectivity index (χ2n) is 4.33. The lowest BCUT2D eigenvalue weighted by atomic mass is 10.2. The summed E-state index contributed by atoms with van der Waals surface area (Å²) < 4.78 is 11.1. The lowest BCUT2D eigenvalue weighted by Crippen LogP contribution is -2.27. The van der Waals surface area contributed by atoms with Crippen LogP contribution in [0.2, 0.25) is 0 Å². The zero-order valence-corrected chi connectivity index (χ0v) is 10.6. The van der Waals surface area contributed by atoms with Crippen LogP contribution in [0.25, 0.3) is 11.0 Å². The normalized spacial score (nSPS) is 10.8. The second kappa shape index (κ2) is 5.56. The molecule has 0 unspecified atom stereocenters. The molecule has 0 radical (unpaired) electrons. The molecule has 0 aliphatic heterocycles. The lowest BCUT2D eigenvalue weighted by Gasteiger charge is -2.08. The first-order valence-electron chi connectivity index (χ1n) is 6.00. The molecule has 2 aromatic rings. The zero-order valence-electron chi connectivity index (χ0n) is 10.6. The fourth-order valence-electron chi connectivity index (χ4n) is 1.74. The highest BCUT2D eigenvalue weighted by molar-refractivity contribution is 5.86. The van der Waals surface area contributed by atoms with E-state index in [0.717, 1.165) is 11.9 Å². The average Bonchev–Trinajstić information content (AvgIpc) is 2.72. The van der Waals surface area contributed by atoms with E-state index in [9.17, 15) is 0 Å². The highest BCUT2D eigenvalue weighted by Crippen LogP contribution is 2.32. The van der Waals surface area contributed by atoms with Crippen LogP contribution in [0.3, 0.4) is 0 Å². The summed E-state index contributed by atoms with van der Waals surface area (Å²) in [6.45, 7) is 5.40. The molecule has 0 aliphatic carbocycles. The van der Waals surface area contributed by atoms with Crippen LogP contribution in [0.4, 0.5) is 0 Å². The highest BCUT2D eigenvalue weighted by atomic mass is 16.5. The Morgan fingerprint density at radius 3 is 2.89 bits per heavy atom. The minimum absolute atomic E-state index is 0.237. The number of nitrogens with zero attached hydrogens (tertiary/aromatic N) is 1. The SMILES string of the molecule is CC(C)NCCOc1c(C#N)oc2ccccc12. The number of ether oxygens (including phenoxy) is 1. The Labute approximate surface area is 106 Å². The van der Waals surface area contributed by atoms with E-state index in [1.54, 1.807) is 0 Å². The van der Waals surface area contributed by atoms with Gasteiger partial charge in [-0.2, -0.15) is 5.26 Å². The molecule has 0 saturated carbocycles. The van der Waals surface area contributed by atoms with Gasteiger partial charge in [0.05, 0.1) is 5.39 Å². The van der Waals surface area contributed by atoms with Gasteiger partial charge in [-0.25, -0.2) is 0 Å². The molecule has 2 rings (SSSR count). The molecule has 1 heterocycles. The van der Waals surface area contributed by atoms with Crippen LogP contribution in [-0.2, 0) is 0 Å². The lowest BCUT2D eigenvalue weighted by molar-refractivity contribution is 0.306. The number of benzene rings is 1. The van der Waals surface area contributed by atoms with Crippen molar-refractivity contribution >= 4 is 11.0 Å². The van der Waals surface area contributed by atoms with Gasteiger partial charge in [-0.15, -0.1) is 0 Å². The van der Waals surface area contributed by atoms with Crippen LogP contribution >= 0.6 is 0 Å². The standard InChI is InChI=1S/C14H16N2O2/c1-10(2)16-7-8-17-14-11-5-3-4-6-12(11)18-13(14)9-15/h3-6,10,16H,7-8H2,1-2H3. The summed E-state index contributed by atoms with van der Waals surface area (Å²) in [5.74, 6) is 0.777. The van der Waals surface area contributed by atoms with Crippen LogP contribution in [0.15, 0.2) is 28.7 Å². The molecule has 0 aliphatic rings. The van der Waals surface area contributed by atoms with Crippen LogP contribution < -0.4 is 10.1 Å². The van der Waals surface area contributed by atoms with E-state index in [2.05, 4.69) is 19.2 Å². The second-order valence-corrected chi connectivity index (χ2v) is 4.33. The van der Waals surface area contributed by atoms with Gasteiger partial charge in [0.2, 0.25) is 5.76 Å². The topological polar surface area (TPSA) is 58.2 Å². The molecule has 18 heavy (non-hydrogen) atoms. The van der Waals surface area contributed by atoms with E-state index in [1.807, 2.05) is 30.3 Å². The third-order valence-electron chi connectivity index (χ3n) is 2.55. The molecule has 0 fully saturated rings. The Kier molecular flexibility index (Phi) is 3.85. The number of hydrogen-bond donors (Lipinski definition) is 1. The third-order valence-corrected chi connectivity index (χ3v) is 2.55. The Morgan fingerprint density at radius 1 is 1.39 bits per heavy atom. The first-order chi connectivity index (χ1) is 8.72. The number of fused-ring (bicyclic) bond motifs is 1. The number of para-hydroxylation sites is 1. The number of hydrogen-bond acceptors (Lipinski definition) is 4. The fourth-order valence-corrected chi connectivity index (χ4v) is 1.74. The van der Waals surface area contributed by atoms with E-state index >= 15 is 0 Å². The number of rotatable bonds is 5. The monoisotopic (exact) mass is 244 g/mol. The van der Waals surface area contributed by atoms with Crippen molar-refractivity contribution in [1.82, 2.24) is 5.32 Å². The molecular formula is C14H16N2O2. The van der Waals surface area contributed by atoms with E-state index in [1.165, 1.54) is 0 Å². The summed E-state index contributed by atoms with van der Waals surface area (Å²) in [4.78, 5) is 0. The molecule has 1 N–H and O–H groups in total. The quantitative estimate of drug-likeness (QED) is 0.821. The Hall–Kier alpha value is -1.99. The molecule has 94 valence electrons. The summed E-state index contributed by atoms with van der Waals surface area (Å²) in [6.07, 6.45) is 0. The van der Waals surface area contributed by atoms with Gasteiger partial charge in [-0.05, 0) is 12.1 Å². The van der Waals surface area contributed by atoms with Crippen LogP contribution in [-0.4, -0.2) is 19.2 Å². The maximum Gasteiger partial charge on any atom is 0.246 e. The minimum Gasteiger partial charge on any atom is -0.487 e. The first kappa shape index (κ1) is 12.5. The summed E-state index contributed by atoms with van der Waals surface area (Å²) in [5, 5.41) is 13.1. The number of nitriles is 1. The molecule has 0 spiro atoms. The fraction of sp³-hybridized carbons (Fsp3) is 0.357. The zero-order chi connectivity index (χ0) is 13.0. The van der Waals surface area contributed by atoms with Gasteiger partial charge in [-0.1, -0.05) is 26.0 Å². The Morgan fingerprint density at radius 2 is 2.17 bits per heavy atom. The summed E-state index contributed by atoms with van der Waals surface area (Å²) in [7, 11) is 0. The first-order valence-corrected chi connectivity index (χ1v) is 6.00. The summed E-state index contributed by atoms with van der Waals surface area (Å²) >= 11 is 0. The molecule has 0 amide bonds. The predicted molar refractivity (Wildman–Crippen MR) is 69.6 cm³/mol. The number of furan rings is 1. The molecule has 0 saturated heterocycles. The maximum atomic E-state index is 9.02. The molecule has 4 nitrogen and oxygen atoms in total. The summed E-state index contributed by atoms with van der Waals surface area (Å²) in [5.41, 5.74) is 0.681. The molecular weight excluding hydrogens is 228 g/mol. The van der Waals surface area contributed by atoms with Crippen molar-refractivity contribution in [3.05, 3.63) is 30.0 Å². The number of nitrogens with one attached hydrogen (secondary N) is 1.